The number of thiazole rings is 1. The van der Waals surface area contributed by atoms with Crippen LogP contribution in [-0.2, 0) is 0 Å². The van der Waals surface area contributed by atoms with Crippen molar-refractivity contribution in [2.75, 3.05) is 5.73 Å². The lowest BCUT2D eigenvalue weighted by Crippen LogP contribution is -2.06. The maximum atomic E-state index is 15.0. The summed E-state index contributed by atoms with van der Waals surface area (Å²) in [5.41, 5.74) is 13.5. The first kappa shape index (κ1) is 20.2. The van der Waals surface area contributed by atoms with Gasteiger partial charge in [0.25, 0.3) is 5.56 Å². The lowest BCUT2D eigenvalue weighted by atomic mass is 9.96. The van der Waals surface area contributed by atoms with Crippen molar-refractivity contribution in [3.8, 4) is 33.4 Å². The molecule has 0 aliphatic carbocycles. The molecule has 6 rings (SSSR count). The number of fused-ring (bicyclic) bond motifs is 2. The summed E-state index contributed by atoms with van der Waals surface area (Å²) < 4.78 is 16.0. The van der Waals surface area contributed by atoms with Gasteiger partial charge in [0.1, 0.15) is 11.6 Å². The smallest absolute Gasteiger partial charge is 0.258 e. The van der Waals surface area contributed by atoms with E-state index in [4.69, 9.17) is 5.73 Å². The van der Waals surface area contributed by atoms with E-state index in [0.717, 1.165) is 26.9 Å². The predicted molar refractivity (Wildman–Crippen MR) is 134 cm³/mol. The van der Waals surface area contributed by atoms with Crippen LogP contribution in [-0.4, -0.2) is 19.9 Å². The van der Waals surface area contributed by atoms with Crippen molar-refractivity contribution in [3.63, 3.8) is 0 Å². The molecule has 0 unspecified atom stereocenters. The van der Waals surface area contributed by atoms with Gasteiger partial charge in [-0.1, -0.05) is 24.3 Å². The number of halogens is 1. The Hall–Kier alpha value is -4.43. The van der Waals surface area contributed by atoms with Crippen molar-refractivity contribution in [1.29, 1.82) is 0 Å². The molecule has 0 atom stereocenters. The number of aromatic amines is 1. The monoisotopic (exact) mass is 465 g/mol. The minimum Gasteiger partial charge on any atom is -0.383 e. The third kappa shape index (κ3) is 3.32. The Morgan fingerprint density at radius 2 is 1.65 bits per heavy atom. The number of aromatic nitrogens is 4. The fourth-order valence-corrected chi connectivity index (χ4v) is 4.94. The van der Waals surface area contributed by atoms with Crippen molar-refractivity contribution in [2.45, 2.75) is 0 Å². The first-order valence-electron chi connectivity index (χ1n) is 10.4. The molecular formula is C26H16FN5OS. The maximum absolute atomic E-state index is 15.0. The van der Waals surface area contributed by atoms with E-state index >= 15 is 0 Å². The van der Waals surface area contributed by atoms with Crippen LogP contribution in [0.4, 0.5) is 10.2 Å². The van der Waals surface area contributed by atoms with Crippen LogP contribution in [0.25, 0.3) is 54.5 Å². The number of rotatable bonds is 3. The van der Waals surface area contributed by atoms with Crippen LogP contribution in [0.1, 0.15) is 0 Å². The second-order valence-electron chi connectivity index (χ2n) is 7.82. The highest BCUT2D eigenvalue weighted by Crippen LogP contribution is 2.36. The number of benzene rings is 3. The Kier molecular flexibility index (Phi) is 4.67. The molecule has 0 fully saturated rings. The number of nitrogens with two attached hydrogens (primary N) is 1. The Morgan fingerprint density at radius 3 is 2.56 bits per heavy atom. The largest absolute Gasteiger partial charge is 0.383 e. The van der Waals surface area contributed by atoms with Crippen LogP contribution in [0.2, 0.25) is 0 Å². The average Bonchev–Trinajstić information content (AvgIpc) is 3.34. The highest BCUT2D eigenvalue weighted by molar-refractivity contribution is 7.17. The highest BCUT2D eigenvalue weighted by atomic mass is 32.1. The van der Waals surface area contributed by atoms with Crippen LogP contribution in [0.5, 0.6) is 0 Å². The van der Waals surface area contributed by atoms with Gasteiger partial charge in [-0.3, -0.25) is 4.79 Å². The normalized spacial score (nSPS) is 11.3. The zero-order valence-electron chi connectivity index (χ0n) is 17.6. The van der Waals surface area contributed by atoms with E-state index in [1.807, 2.05) is 30.3 Å². The van der Waals surface area contributed by atoms with E-state index < -0.39 is 0 Å². The molecule has 3 aromatic heterocycles. The van der Waals surface area contributed by atoms with Gasteiger partial charge in [0.2, 0.25) is 0 Å². The van der Waals surface area contributed by atoms with Crippen LogP contribution in [0.3, 0.4) is 0 Å². The Balaban J connectivity index is 1.49. The molecule has 8 heteroatoms. The summed E-state index contributed by atoms with van der Waals surface area (Å²) in [6.07, 6.45) is 2.93. The second-order valence-corrected chi connectivity index (χ2v) is 8.68. The van der Waals surface area contributed by atoms with E-state index in [1.54, 1.807) is 47.3 Å². The number of hydrogen-bond donors (Lipinski definition) is 2. The fraction of sp³-hybridized carbons (Fsp3) is 0. The predicted octanol–water partition coefficient (Wildman–Crippen LogP) is 5.65. The van der Waals surface area contributed by atoms with Crippen molar-refractivity contribution in [3.05, 3.63) is 94.9 Å². The Labute approximate surface area is 196 Å². The van der Waals surface area contributed by atoms with Gasteiger partial charge in [0.05, 0.1) is 33.0 Å². The summed E-state index contributed by atoms with van der Waals surface area (Å²) in [6, 6.07) is 18.0. The summed E-state index contributed by atoms with van der Waals surface area (Å²) in [5.74, 6) is -0.0524. The molecule has 0 radical (unpaired) electrons. The summed E-state index contributed by atoms with van der Waals surface area (Å²) in [7, 11) is 0. The molecule has 0 aliphatic rings. The fourth-order valence-electron chi connectivity index (χ4n) is 4.12. The third-order valence-electron chi connectivity index (χ3n) is 5.82. The van der Waals surface area contributed by atoms with E-state index in [2.05, 4.69) is 19.9 Å². The summed E-state index contributed by atoms with van der Waals surface area (Å²) in [6.45, 7) is 0. The van der Waals surface area contributed by atoms with Gasteiger partial charge in [-0.15, -0.1) is 11.3 Å². The number of nitrogens with zero attached hydrogens (tertiary/aromatic N) is 3. The molecule has 3 heterocycles. The molecule has 3 N–H and O–H groups in total. The van der Waals surface area contributed by atoms with Crippen molar-refractivity contribution in [2.24, 2.45) is 0 Å². The summed E-state index contributed by atoms with van der Waals surface area (Å²) in [5, 5.41) is 0.477. The molecule has 6 nitrogen and oxygen atoms in total. The lowest BCUT2D eigenvalue weighted by Gasteiger charge is -2.11. The van der Waals surface area contributed by atoms with Gasteiger partial charge in [0, 0.05) is 28.5 Å². The first-order valence-corrected chi connectivity index (χ1v) is 11.3. The standard InChI is InChI=1S/C26H16FN5OS/c27-21-7-5-14(17-2-1-3-22-24(17)34-13-32-22)8-19(21)16-9-20(25(28)29-11-16)15-4-6-18-23(10-15)30-12-31-26(18)33/h1-13H,(H2,28,29)(H,30,31,33). The lowest BCUT2D eigenvalue weighted by molar-refractivity contribution is 0.631. The van der Waals surface area contributed by atoms with Gasteiger partial charge < -0.3 is 10.7 Å². The van der Waals surface area contributed by atoms with E-state index in [-0.39, 0.29) is 11.4 Å². The quantitative estimate of drug-likeness (QED) is 0.352. The van der Waals surface area contributed by atoms with E-state index in [0.29, 0.717) is 33.4 Å². The van der Waals surface area contributed by atoms with Gasteiger partial charge >= 0.3 is 0 Å². The molecule has 6 aromatic rings. The molecule has 0 bridgehead atoms. The third-order valence-corrected chi connectivity index (χ3v) is 6.69. The van der Waals surface area contributed by atoms with Crippen molar-refractivity contribution in [1.82, 2.24) is 19.9 Å². The van der Waals surface area contributed by atoms with Crippen molar-refractivity contribution < 1.29 is 4.39 Å². The summed E-state index contributed by atoms with van der Waals surface area (Å²) >= 11 is 1.55. The molecule has 34 heavy (non-hydrogen) atoms. The second kappa shape index (κ2) is 7.86. The minimum absolute atomic E-state index is 0.216. The van der Waals surface area contributed by atoms with Crippen molar-refractivity contribution >= 4 is 38.3 Å². The molecule has 0 spiro atoms. The molecule has 0 amide bonds. The number of H-pyrrole nitrogens is 1. The minimum atomic E-state index is -0.357. The molecule has 0 saturated heterocycles. The Bertz CT molecular complexity index is 1780. The number of nitrogens with one attached hydrogen (secondary N) is 1. The maximum Gasteiger partial charge on any atom is 0.258 e. The van der Waals surface area contributed by atoms with Gasteiger partial charge in [-0.05, 0) is 47.5 Å². The number of pyridine rings is 1. The van der Waals surface area contributed by atoms with Gasteiger partial charge in [0.15, 0.2) is 0 Å². The Morgan fingerprint density at radius 1 is 0.824 bits per heavy atom. The molecule has 3 aromatic carbocycles. The topological polar surface area (TPSA) is 97.5 Å². The SMILES string of the molecule is Nc1ncc(-c2cc(-c3cccc4ncsc34)ccc2F)cc1-c1ccc2c(=O)[nH]cnc2c1. The number of hydrogen-bond acceptors (Lipinski definition) is 6. The number of nitrogen functional groups attached to an aromatic ring is 1. The molecular weight excluding hydrogens is 449 g/mol. The molecule has 0 aliphatic heterocycles. The van der Waals surface area contributed by atoms with Gasteiger partial charge in [-0.25, -0.2) is 19.3 Å². The van der Waals surface area contributed by atoms with E-state index in [9.17, 15) is 9.18 Å². The molecule has 0 saturated carbocycles. The average molecular weight is 466 g/mol. The van der Waals surface area contributed by atoms with E-state index in [1.165, 1.54) is 12.4 Å². The zero-order chi connectivity index (χ0) is 23.2. The van der Waals surface area contributed by atoms with Crippen LogP contribution < -0.4 is 11.3 Å². The number of anilines is 1. The zero-order valence-corrected chi connectivity index (χ0v) is 18.4. The molecule has 164 valence electrons. The van der Waals surface area contributed by atoms with Crippen LogP contribution >= 0.6 is 11.3 Å². The van der Waals surface area contributed by atoms with Crippen LogP contribution in [0.15, 0.2) is 83.5 Å². The highest BCUT2D eigenvalue weighted by Gasteiger charge is 2.14. The van der Waals surface area contributed by atoms with Crippen LogP contribution in [0, 0.1) is 5.82 Å². The first-order chi connectivity index (χ1) is 16.6. The van der Waals surface area contributed by atoms with Gasteiger partial charge in [-0.2, -0.15) is 0 Å². The summed E-state index contributed by atoms with van der Waals surface area (Å²) in [4.78, 5) is 27.5.